The topological polar surface area (TPSA) is 59.4 Å². The summed E-state index contributed by atoms with van der Waals surface area (Å²) < 4.78 is 6.89. The fourth-order valence-electron chi connectivity index (χ4n) is 1.63. The molecule has 0 fully saturated rings. The van der Waals surface area contributed by atoms with Crippen LogP contribution in [0.2, 0.25) is 0 Å². The number of aromatic nitrogens is 2. The summed E-state index contributed by atoms with van der Waals surface area (Å²) >= 11 is 0. The summed E-state index contributed by atoms with van der Waals surface area (Å²) in [6.45, 7) is 5.90. The van der Waals surface area contributed by atoms with Crippen LogP contribution in [0, 0.1) is 0 Å². The lowest BCUT2D eigenvalue weighted by atomic mass is 10.2. The summed E-state index contributed by atoms with van der Waals surface area (Å²) in [5.74, 6) is 0.485. The Hall–Kier alpha value is -1.66. The van der Waals surface area contributed by atoms with Gasteiger partial charge in [-0.3, -0.25) is 9.48 Å². The first kappa shape index (κ1) is 15.4. The third-order valence-electron chi connectivity index (χ3n) is 2.62. The summed E-state index contributed by atoms with van der Waals surface area (Å²) in [6.07, 6.45) is 3.30. The van der Waals surface area contributed by atoms with Crippen LogP contribution < -0.4 is 10.1 Å². The van der Waals surface area contributed by atoms with Crippen LogP contribution in [0.1, 0.15) is 10.5 Å². The maximum atomic E-state index is 12.2. The van der Waals surface area contributed by atoms with Crippen LogP contribution in [0.15, 0.2) is 18.9 Å². The first-order chi connectivity index (χ1) is 9.10. The number of hydrogen-bond donors (Lipinski definition) is 1. The molecule has 1 rings (SSSR count). The molecular formula is C13H22N4O2. The van der Waals surface area contributed by atoms with E-state index < -0.39 is 0 Å². The number of methoxy groups -OCH3 is 1. The minimum Gasteiger partial charge on any atom is -0.493 e. The zero-order chi connectivity index (χ0) is 14.3. The van der Waals surface area contributed by atoms with Gasteiger partial charge in [-0.15, -0.1) is 6.58 Å². The highest BCUT2D eigenvalue weighted by Gasteiger charge is 2.18. The van der Waals surface area contributed by atoms with E-state index in [9.17, 15) is 4.79 Å². The van der Waals surface area contributed by atoms with Crippen molar-refractivity contribution in [3.8, 4) is 5.75 Å². The third-order valence-corrected chi connectivity index (χ3v) is 2.62. The lowest BCUT2D eigenvalue weighted by Gasteiger charge is -2.12. The molecule has 0 atom stereocenters. The van der Waals surface area contributed by atoms with E-state index in [4.69, 9.17) is 4.74 Å². The molecule has 19 heavy (non-hydrogen) atoms. The van der Waals surface area contributed by atoms with Crippen molar-refractivity contribution in [3.63, 3.8) is 0 Å². The molecule has 106 valence electrons. The van der Waals surface area contributed by atoms with Gasteiger partial charge in [-0.05, 0) is 14.1 Å². The van der Waals surface area contributed by atoms with Gasteiger partial charge in [0.1, 0.15) is 5.69 Å². The van der Waals surface area contributed by atoms with Crippen molar-refractivity contribution in [3.05, 3.63) is 24.5 Å². The zero-order valence-corrected chi connectivity index (χ0v) is 11.8. The number of hydrogen-bond acceptors (Lipinski definition) is 5. The average Bonchev–Trinajstić information content (AvgIpc) is 2.79. The molecule has 0 aliphatic heterocycles. The van der Waals surface area contributed by atoms with Crippen LogP contribution in [0.4, 0.5) is 0 Å². The Bertz CT molecular complexity index is 426. The maximum absolute atomic E-state index is 12.2. The van der Waals surface area contributed by atoms with E-state index in [2.05, 4.69) is 17.0 Å². The van der Waals surface area contributed by atoms with Crippen molar-refractivity contribution >= 4 is 5.78 Å². The smallest absolute Gasteiger partial charge is 0.198 e. The minimum absolute atomic E-state index is 0.0324. The van der Waals surface area contributed by atoms with Crippen LogP contribution in [-0.4, -0.2) is 61.3 Å². The number of carbonyl (C=O) groups excluding carboxylic acids is 1. The lowest BCUT2D eigenvalue weighted by molar-refractivity contribution is 0.0978. The van der Waals surface area contributed by atoms with E-state index in [1.54, 1.807) is 24.1 Å². The monoisotopic (exact) mass is 266 g/mol. The number of ketones is 1. The molecule has 0 aromatic carbocycles. The molecule has 0 aliphatic carbocycles. The molecule has 0 radical (unpaired) electrons. The third kappa shape index (κ3) is 4.50. The van der Waals surface area contributed by atoms with Crippen molar-refractivity contribution in [2.45, 2.75) is 6.54 Å². The first-order valence-electron chi connectivity index (χ1n) is 6.19. The molecule has 0 saturated heterocycles. The molecule has 6 heteroatoms. The highest BCUT2D eigenvalue weighted by Crippen LogP contribution is 2.17. The van der Waals surface area contributed by atoms with Crippen molar-refractivity contribution in [2.75, 3.05) is 40.8 Å². The molecule has 0 unspecified atom stereocenters. The van der Waals surface area contributed by atoms with Gasteiger partial charge in [0.15, 0.2) is 11.5 Å². The molecular weight excluding hydrogens is 244 g/mol. The normalized spacial score (nSPS) is 10.7. The van der Waals surface area contributed by atoms with Crippen LogP contribution in [0.25, 0.3) is 0 Å². The minimum atomic E-state index is -0.0324. The molecule has 1 aromatic heterocycles. The summed E-state index contributed by atoms with van der Waals surface area (Å²) in [5, 5.41) is 7.20. The predicted molar refractivity (Wildman–Crippen MR) is 74.7 cm³/mol. The van der Waals surface area contributed by atoms with E-state index in [1.807, 2.05) is 19.0 Å². The number of ether oxygens (including phenoxy) is 1. The Kier molecular flexibility index (Phi) is 6.24. The van der Waals surface area contributed by atoms with E-state index in [1.165, 1.54) is 0 Å². The Morgan fingerprint density at radius 1 is 1.63 bits per heavy atom. The number of carbonyl (C=O) groups is 1. The largest absolute Gasteiger partial charge is 0.493 e. The molecule has 0 amide bonds. The van der Waals surface area contributed by atoms with Crippen molar-refractivity contribution in [1.29, 1.82) is 0 Å². The molecule has 6 nitrogen and oxygen atoms in total. The van der Waals surface area contributed by atoms with Crippen LogP contribution >= 0.6 is 0 Å². The summed E-state index contributed by atoms with van der Waals surface area (Å²) in [6, 6.07) is 0. The first-order valence-corrected chi connectivity index (χ1v) is 6.19. The number of nitrogens with one attached hydrogen (secondary N) is 1. The van der Waals surface area contributed by atoms with E-state index >= 15 is 0 Å². The van der Waals surface area contributed by atoms with Gasteiger partial charge in [0, 0.05) is 13.1 Å². The van der Waals surface area contributed by atoms with Crippen molar-refractivity contribution < 1.29 is 9.53 Å². The Labute approximate surface area is 114 Å². The fourth-order valence-corrected chi connectivity index (χ4v) is 1.63. The number of Topliss-reactive ketones (excluding diaryl/α,β-unsaturated/α-hetero) is 1. The van der Waals surface area contributed by atoms with E-state index in [0.717, 1.165) is 6.54 Å². The molecule has 0 spiro atoms. The van der Waals surface area contributed by atoms with Gasteiger partial charge in [0.25, 0.3) is 0 Å². The number of likely N-dealkylation sites (N-methyl/N-ethyl adjacent to an activating group) is 1. The molecule has 0 saturated carbocycles. The van der Waals surface area contributed by atoms with Crippen LogP contribution in [-0.2, 0) is 6.54 Å². The Balaban J connectivity index is 2.79. The van der Waals surface area contributed by atoms with Gasteiger partial charge in [0.05, 0.1) is 26.4 Å². The summed E-state index contributed by atoms with van der Waals surface area (Å²) in [5.41, 5.74) is 0.515. The number of nitrogens with zero attached hydrogens (tertiary/aromatic N) is 3. The van der Waals surface area contributed by atoms with Crippen LogP contribution in [0.5, 0.6) is 5.75 Å². The van der Waals surface area contributed by atoms with E-state index in [0.29, 0.717) is 24.5 Å². The maximum Gasteiger partial charge on any atom is 0.198 e. The van der Waals surface area contributed by atoms with Gasteiger partial charge >= 0.3 is 0 Å². The highest BCUT2D eigenvalue weighted by atomic mass is 16.5. The standard InChI is InChI=1S/C13H22N4O2/c1-5-6-14-9-11(18)13-12(19-4)10-15-17(13)8-7-16(2)3/h5,10,14H,1,6-9H2,2-4H3. The van der Waals surface area contributed by atoms with Gasteiger partial charge in [-0.2, -0.15) is 5.10 Å². The second-order valence-corrected chi connectivity index (χ2v) is 4.43. The molecule has 0 bridgehead atoms. The van der Waals surface area contributed by atoms with Gasteiger partial charge in [-0.1, -0.05) is 6.08 Å². The molecule has 1 N–H and O–H groups in total. The fraction of sp³-hybridized carbons (Fsp3) is 0.538. The molecule has 1 aromatic rings. The van der Waals surface area contributed by atoms with Crippen LogP contribution in [0.3, 0.4) is 0 Å². The van der Waals surface area contributed by atoms with Gasteiger partial charge in [-0.25, -0.2) is 0 Å². The second kappa shape index (κ2) is 7.70. The van der Waals surface area contributed by atoms with Gasteiger partial charge < -0.3 is 15.0 Å². The van der Waals surface area contributed by atoms with Crippen molar-refractivity contribution in [2.24, 2.45) is 0 Å². The van der Waals surface area contributed by atoms with E-state index in [-0.39, 0.29) is 12.3 Å². The zero-order valence-electron chi connectivity index (χ0n) is 11.8. The number of rotatable bonds is 9. The summed E-state index contributed by atoms with van der Waals surface area (Å²) in [4.78, 5) is 14.2. The Morgan fingerprint density at radius 2 is 2.37 bits per heavy atom. The molecule has 0 aliphatic rings. The average molecular weight is 266 g/mol. The van der Waals surface area contributed by atoms with Crippen molar-refractivity contribution in [1.82, 2.24) is 20.0 Å². The van der Waals surface area contributed by atoms with Gasteiger partial charge in [0.2, 0.25) is 0 Å². The molecule has 1 heterocycles. The lowest BCUT2D eigenvalue weighted by Crippen LogP contribution is -2.27. The quantitative estimate of drug-likeness (QED) is 0.398. The Morgan fingerprint density at radius 3 is 2.95 bits per heavy atom. The highest BCUT2D eigenvalue weighted by molar-refractivity contribution is 5.98. The predicted octanol–water partition coefficient (Wildman–Crippen LogP) is 0.412. The summed E-state index contributed by atoms with van der Waals surface area (Å²) in [7, 11) is 5.50. The second-order valence-electron chi connectivity index (χ2n) is 4.43. The SMILES string of the molecule is C=CCNCC(=O)c1c(OC)cnn1CCN(C)C.